The van der Waals surface area contributed by atoms with Crippen molar-refractivity contribution in [2.75, 3.05) is 19.6 Å². The maximum Gasteiger partial charge on any atom is 0.416 e. The van der Waals surface area contributed by atoms with Gasteiger partial charge in [-0.25, -0.2) is 4.79 Å². The fourth-order valence-corrected chi connectivity index (χ4v) is 4.33. The predicted molar refractivity (Wildman–Crippen MR) is 119 cm³/mol. The van der Waals surface area contributed by atoms with Crippen molar-refractivity contribution in [3.8, 4) is 0 Å². The van der Waals surface area contributed by atoms with Crippen LogP contribution in [0.1, 0.15) is 57.6 Å². The number of nitrogens with zero attached hydrogens (tertiary/aromatic N) is 2. The molecule has 0 radical (unpaired) electrons. The third-order valence-corrected chi connectivity index (χ3v) is 6.01. The first kappa shape index (κ1) is 25.8. The number of piperidine rings is 1. The Labute approximate surface area is 197 Å². The van der Waals surface area contributed by atoms with Crippen molar-refractivity contribution in [1.82, 2.24) is 15.1 Å². The van der Waals surface area contributed by atoms with Gasteiger partial charge in [-0.1, -0.05) is 12.1 Å². The summed E-state index contributed by atoms with van der Waals surface area (Å²) in [5, 5.41) is 2.74. The number of hydrogen-bond acceptors (Lipinski definition) is 4. The summed E-state index contributed by atoms with van der Waals surface area (Å²) in [6, 6.07) is 3.99. The molecule has 0 saturated carbocycles. The number of alkyl halides is 3. The van der Waals surface area contributed by atoms with Crippen molar-refractivity contribution in [2.45, 2.75) is 70.8 Å². The second-order valence-corrected chi connectivity index (χ2v) is 9.87. The Morgan fingerprint density at radius 3 is 2.29 bits per heavy atom. The quantitative estimate of drug-likeness (QED) is 0.703. The fraction of sp³-hybridized carbons (Fsp3) is 0.625. The zero-order valence-corrected chi connectivity index (χ0v) is 19.8. The van der Waals surface area contributed by atoms with Crippen LogP contribution in [0.25, 0.3) is 0 Å². The molecule has 0 spiro atoms. The summed E-state index contributed by atoms with van der Waals surface area (Å²) in [6.45, 7) is 6.67. The first-order valence-electron chi connectivity index (χ1n) is 11.6. The standard InChI is InChI=1S/C24H32F3N3O4/c1-23(2,3)34-22(33)29-12-4-6-17(15-29)21(32)30-13-5-7-19(30)20(31)28-14-16-8-10-18(11-9-16)24(25,26)27/h8-11,17,19H,4-7,12-15H2,1-3H3,(H,28,31)/t17-,19+/m0/s1. The van der Waals surface area contributed by atoms with Gasteiger partial charge in [-0.2, -0.15) is 13.2 Å². The zero-order chi connectivity index (χ0) is 25.1. The highest BCUT2D eigenvalue weighted by Gasteiger charge is 2.39. The van der Waals surface area contributed by atoms with Crippen LogP contribution in [-0.2, 0) is 27.0 Å². The Morgan fingerprint density at radius 1 is 1.03 bits per heavy atom. The highest BCUT2D eigenvalue weighted by atomic mass is 19.4. The lowest BCUT2D eigenvalue weighted by Gasteiger charge is -2.36. The van der Waals surface area contributed by atoms with Gasteiger partial charge in [0.05, 0.1) is 11.5 Å². The molecular formula is C24H32F3N3O4. The number of amides is 3. The van der Waals surface area contributed by atoms with Gasteiger partial charge in [-0.05, 0) is 64.2 Å². The van der Waals surface area contributed by atoms with E-state index in [0.29, 0.717) is 44.3 Å². The summed E-state index contributed by atoms with van der Waals surface area (Å²) in [6.07, 6.45) is -2.34. The summed E-state index contributed by atoms with van der Waals surface area (Å²) in [4.78, 5) is 41.6. The number of rotatable bonds is 4. The van der Waals surface area contributed by atoms with Crippen LogP contribution in [0.3, 0.4) is 0 Å². The average molecular weight is 484 g/mol. The zero-order valence-electron chi connectivity index (χ0n) is 19.8. The van der Waals surface area contributed by atoms with Crippen molar-refractivity contribution >= 4 is 17.9 Å². The van der Waals surface area contributed by atoms with Crippen LogP contribution in [0.5, 0.6) is 0 Å². The van der Waals surface area contributed by atoms with E-state index >= 15 is 0 Å². The molecule has 2 aliphatic rings. The van der Waals surface area contributed by atoms with E-state index in [1.165, 1.54) is 12.1 Å². The first-order chi connectivity index (χ1) is 15.8. The molecule has 0 aliphatic carbocycles. The van der Waals surface area contributed by atoms with Crippen LogP contribution in [-0.4, -0.2) is 59.0 Å². The van der Waals surface area contributed by atoms with Crippen LogP contribution in [0.2, 0.25) is 0 Å². The molecule has 2 atom stereocenters. The number of carbonyl (C=O) groups excluding carboxylic acids is 3. The Morgan fingerprint density at radius 2 is 1.68 bits per heavy atom. The predicted octanol–water partition coefficient (Wildman–Crippen LogP) is 3.96. The second kappa shape index (κ2) is 10.2. The van der Waals surface area contributed by atoms with E-state index in [4.69, 9.17) is 4.74 Å². The summed E-state index contributed by atoms with van der Waals surface area (Å²) >= 11 is 0. The largest absolute Gasteiger partial charge is 0.444 e. The topological polar surface area (TPSA) is 79.0 Å². The highest BCUT2D eigenvalue weighted by molar-refractivity contribution is 5.89. The highest BCUT2D eigenvalue weighted by Crippen LogP contribution is 2.29. The van der Waals surface area contributed by atoms with Crippen LogP contribution in [0, 0.1) is 5.92 Å². The maximum absolute atomic E-state index is 13.2. The summed E-state index contributed by atoms with van der Waals surface area (Å²) < 4.78 is 43.6. The van der Waals surface area contributed by atoms with Gasteiger partial charge < -0.3 is 19.9 Å². The Hall–Kier alpha value is -2.78. The van der Waals surface area contributed by atoms with Gasteiger partial charge in [0.25, 0.3) is 0 Å². The van der Waals surface area contributed by atoms with Crippen molar-refractivity contribution < 1.29 is 32.3 Å². The smallest absolute Gasteiger partial charge is 0.416 e. The molecule has 1 aromatic carbocycles. The van der Waals surface area contributed by atoms with E-state index in [9.17, 15) is 27.6 Å². The first-order valence-corrected chi connectivity index (χ1v) is 11.6. The van der Waals surface area contributed by atoms with E-state index < -0.39 is 35.4 Å². The number of benzene rings is 1. The minimum Gasteiger partial charge on any atom is -0.444 e. The van der Waals surface area contributed by atoms with Gasteiger partial charge >= 0.3 is 12.3 Å². The number of halogens is 3. The van der Waals surface area contributed by atoms with Crippen molar-refractivity contribution in [2.24, 2.45) is 5.92 Å². The molecule has 1 aromatic rings. The second-order valence-electron chi connectivity index (χ2n) is 9.87. The van der Waals surface area contributed by atoms with E-state index in [-0.39, 0.29) is 24.9 Å². The Bertz CT molecular complexity index is 896. The lowest BCUT2D eigenvalue weighted by molar-refractivity contribution is -0.143. The molecule has 2 heterocycles. The van der Waals surface area contributed by atoms with Crippen LogP contribution < -0.4 is 5.32 Å². The van der Waals surface area contributed by atoms with Gasteiger partial charge in [0.15, 0.2) is 0 Å². The molecule has 3 rings (SSSR count). The molecule has 0 bridgehead atoms. The Kier molecular flexibility index (Phi) is 7.77. The fourth-order valence-electron chi connectivity index (χ4n) is 4.33. The van der Waals surface area contributed by atoms with Gasteiger partial charge in [0.1, 0.15) is 11.6 Å². The van der Waals surface area contributed by atoms with Gasteiger partial charge in [0, 0.05) is 26.2 Å². The van der Waals surface area contributed by atoms with E-state index in [1.807, 2.05) is 0 Å². The summed E-state index contributed by atoms with van der Waals surface area (Å²) in [7, 11) is 0. The number of ether oxygens (including phenoxy) is 1. The normalized spacial score (nSPS) is 21.4. The molecule has 10 heteroatoms. The maximum atomic E-state index is 13.2. The molecule has 7 nitrogen and oxygen atoms in total. The summed E-state index contributed by atoms with van der Waals surface area (Å²) in [5.41, 5.74) is -0.834. The molecule has 1 N–H and O–H groups in total. The minimum absolute atomic E-state index is 0.0748. The molecular weight excluding hydrogens is 451 g/mol. The van der Waals surface area contributed by atoms with Gasteiger partial charge in [-0.3, -0.25) is 9.59 Å². The monoisotopic (exact) mass is 483 g/mol. The average Bonchev–Trinajstić information content (AvgIpc) is 3.25. The number of hydrogen-bond donors (Lipinski definition) is 1. The lowest BCUT2D eigenvalue weighted by atomic mass is 9.96. The van der Waals surface area contributed by atoms with Crippen LogP contribution in [0.15, 0.2) is 24.3 Å². The number of carbonyl (C=O) groups is 3. The third kappa shape index (κ3) is 6.64. The molecule has 2 saturated heterocycles. The lowest BCUT2D eigenvalue weighted by Crippen LogP contribution is -2.51. The molecule has 34 heavy (non-hydrogen) atoms. The van der Waals surface area contributed by atoms with Crippen molar-refractivity contribution in [1.29, 1.82) is 0 Å². The summed E-state index contributed by atoms with van der Waals surface area (Å²) in [5.74, 6) is -0.879. The molecule has 2 aliphatic heterocycles. The molecule has 2 fully saturated rings. The van der Waals surface area contributed by atoms with Gasteiger partial charge in [0.2, 0.25) is 11.8 Å². The molecule has 0 aromatic heterocycles. The van der Waals surface area contributed by atoms with Crippen LogP contribution in [0.4, 0.5) is 18.0 Å². The van der Waals surface area contributed by atoms with E-state index in [0.717, 1.165) is 12.1 Å². The van der Waals surface area contributed by atoms with Crippen LogP contribution >= 0.6 is 0 Å². The minimum atomic E-state index is -4.41. The Balaban J connectivity index is 1.57. The third-order valence-electron chi connectivity index (χ3n) is 6.01. The van der Waals surface area contributed by atoms with E-state index in [1.54, 1.807) is 30.6 Å². The number of nitrogens with one attached hydrogen (secondary N) is 1. The van der Waals surface area contributed by atoms with E-state index in [2.05, 4.69) is 5.32 Å². The van der Waals surface area contributed by atoms with Crippen molar-refractivity contribution in [3.63, 3.8) is 0 Å². The SMILES string of the molecule is CC(C)(C)OC(=O)N1CCC[C@H](C(=O)N2CCC[C@@H]2C(=O)NCc2ccc(C(F)(F)F)cc2)C1. The van der Waals surface area contributed by atoms with Crippen molar-refractivity contribution in [3.05, 3.63) is 35.4 Å². The number of likely N-dealkylation sites (tertiary alicyclic amines) is 2. The molecule has 0 unspecified atom stereocenters. The molecule has 3 amide bonds. The van der Waals surface area contributed by atoms with Gasteiger partial charge in [-0.15, -0.1) is 0 Å². The molecule has 188 valence electrons.